The van der Waals surface area contributed by atoms with Gasteiger partial charge in [0.1, 0.15) is 16.8 Å². The molecule has 3 rings (SSSR count). The molecular weight excluding hydrogens is 342 g/mol. The van der Waals surface area contributed by atoms with Crippen LogP contribution >= 0.6 is 11.3 Å². The Hall–Kier alpha value is -1.84. The molecule has 1 fully saturated rings. The number of amides is 1. The molecule has 0 saturated carbocycles. The molecule has 25 heavy (non-hydrogen) atoms. The number of carbonyl (C=O) groups is 1. The van der Waals surface area contributed by atoms with E-state index in [0.29, 0.717) is 24.0 Å². The van der Waals surface area contributed by atoms with Gasteiger partial charge in [-0.2, -0.15) is 4.98 Å². The lowest BCUT2D eigenvalue weighted by atomic mass is 10.0. The fourth-order valence-electron chi connectivity index (χ4n) is 2.56. The van der Waals surface area contributed by atoms with E-state index in [0.717, 1.165) is 24.5 Å². The Bertz CT molecular complexity index is 734. The molecule has 0 spiro atoms. The Morgan fingerprint density at radius 3 is 2.92 bits per heavy atom. The summed E-state index contributed by atoms with van der Waals surface area (Å²) in [5, 5.41) is 9.53. The van der Waals surface area contributed by atoms with Gasteiger partial charge in [0.05, 0.1) is 12.1 Å². The molecule has 1 amide bonds. The van der Waals surface area contributed by atoms with E-state index in [1.807, 2.05) is 32.8 Å². The summed E-state index contributed by atoms with van der Waals surface area (Å²) in [6, 6.07) is 0. The molecule has 9 heteroatoms. The summed E-state index contributed by atoms with van der Waals surface area (Å²) in [5.74, 6) is 0.688. The van der Waals surface area contributed by atoms with Crippen molar-refractivity contribution in [2.45, 2.75) is 44.9 Å². The molecule has 1 saturated heterocycles. The molecule has 0 bridgehead atoms. The van der Waals surface area contributed by atoms with E-state index in [9.17, 15) is 4.79 Å². The molecule has 3 heterocycles. The second kappa shape index (κ2) is 7.19. The molecule has 2 aromatic rings. The van der Waals surface area contributed by atoms with Crippen LogP contribution in [0.5, 0.6) is 0 Å². The molecule has 1 N–H and O–H groups in total. The Balaban J connectivity index is 1.67. The zero-order valence-corrected chi connectivity index (χ0v) is 15.7. The topological polar surface area (TPSA) is 93.4 Å². The zero-order chi connectivity index (χ0) is 18.0. The van der Waals surface area contributed by atoms with Gasteiger partial charge in [-0.1, -0.05) is 5.16 Å². The van der Waals surface area contributed by atoms with Crippen molar-refractivity contribution in [3.63, 3.8) is 0 Å². The first-order valence-electron chi connectivity index (χ1n) is 8.22. The quantitative estimate of drug-likeness (QED) is 0.838. The van der Waals surface area contributed by atoms with Crippen molar-refractivity contribution in [3.8, 4) is 0 Å². The Morgan fingerprint density at radius 1 is 1.44 bits per heavy atom. The maximum absolute atomic E-state index is 12.5. The minimum atomic E-state index is -0.765. The number of rotatable bonds is 6. The smallest absolute Gasteiger partial charge is 0.271 e. The first-order valence-corrected chi connectivity index (χ1v) is 9.10. The maximum Gasteiger partial charge on any atom is 0.271 e. The van der Waals surface area contributed by atoms with E-state index >= 15 is 0 Å². The molecular formula is C16H23N5O3S. The third kappa shape index (κ3) is 4.23. The van der Waals surface area contributed by atoms with Crippen molar-refractivity contribution in [2.24, 2.45) is 0 Å². The van der Waals surface area contributed by atoms with E-state index in [1.165, 1.54) is 11.3 Å². The number of nitrogens with one attached hydrogen (secondary N) is 1. The van der Waals surface area contributed by atoms with E-state index in [2.05, 4.69) is 20.4 Å². The Kier molecular flexibility index (Phi) is 5.16. The van der Waals surface area contributed by atoms with Gasteiger partial charge in [0, 0.05) is 12.0 Å². The maximum atomic E-state index is 12.5. The Labute approximate surface area is 150 Å². The molecule has 1 aliphatic rings. The molecule has 8 nitrogen and oxygen atoms in total. The van der Waals surface area contributed by atoms with Gasteiger partial charge in [0.25, 0.3) is 5.91 Å². The predicted molar refractivity (Wildman–Crippen MR) is 92.2 cm³/mol. The zero-order valence-electron chi connectivity index (χ0n) is 14.9. The SMILES string of the molecule is CN(C)Cc1nc(C(C)(C)NC(=O)c2csc(C3CCCO3)n2)no1. The summed E-state index contributed by atoms with van der Waals surface area (Å²) in [5.41, 5.74) is -0.376. The van der Waals surface area contributed by atoms with Gasteiger partial charge in [0.2, 0.25) is 5.89 Å². The van der Waals surface area contributed by atoms with Crippen LogP contribution in [0, 0.1) is 0 Å². The molecule has 136 valence electrons. The van der Waals surface area contributed by atoms with Crippen molar-refractivity contribution >= 4 is 17.2 Å². The van der Waals surface area contributed by atoms with Gasteiger partial charge in [-0.3, -0.25) is 4.79 Å². The second-order valence-electron chi connectivity index (χ2n) is 6.90. The van der Waals surface area contributed by atoms with Gasteiger partial charge in [-0.25, -0.2) is 4.98 Å². The highest BCUT2D eigenvalue weighted by atomic mass is 32.1. The van der Waals surface area contributed by atoms with Gasteiger partial charge in [0.15, 0.2) is 5.82 Å². The van der Waals surface area contributed by atoms with Crippen LogP contribution in [0.3, 0.4) is 0 Å². The van der Waals surface area contributed by atoms with Crippen LogP contribution in [0.1, 0.15) is 60.0 Å². The normalized spacial score (nSPS) is 18.0. The van der Waals surface area contributed by atoms with Crippen LogP contribution < -0.4 is 5.32 Å². The number of nitrogens with zero attached hydrogens (tertiary/aromatic N) is 4. The van der Waals surface area contributed by atoms with Crippen LogP contribution in [-0.2, 0) is 16.8 Å². The fraction of sp³-hybridized carbons (Fsp3) is 0.625. The lowest BCUT2D eigenvalue weighted by Gasteiger charge is -2.21. The predicted octanol–water partition coefficient (Wildman–Crippen LogP) is 2.10. The third-order valence-corrected chi connectivity index (χ3v) is 4.80. The molecule has 1 atom stereocenters. The first-order chi connectivity index (χ1) is 11.8. The van der Waals surface area contributed by atoms with Crippen molar-refractivity contribution in [3.05, 3.63) is 27.8 Å². The molecule has 0 aliphatic carbocycles. The lowest BCUT2D eigenvalue weighted by Crippen LogP contribution is -2.42. The molecule has 1 aliphatic heterocycles. The third-order valence-electron chi connectivity index (χ3n) is 3.86. The monoisotopic (exact) mass is 365 g/mol. The minimum Gasteiger partial charge on any atom is -0.371 e. The molecule has 0 radical (unpaired) electrons. The number of aromatic nitrogens is 3. The van der Waals surface area contributed by atoms with Gasteiger partial charge >= 0.3 is 0 Å². The van der Waals surface area contributed by atoms with Gasteiger partial charge in [-0.15, -0.1) is 11.3 Å². The number of hydrogen-bond acceptors (Lipinski definition) is 8. The highest BCUT2D eigenvalue weighted by Crippen LogP contribution is 2.30. The largest absolute Gasteiger partial charge is 0.371 e. The van der Waals surface area contributed by atoms with Crippen LogP contribution in [-0.4, -0.2) is 46.6 Å². The summed E-state index contributed by atoms with van der Waals surface area (Å²) < 4.78 is 10.9. The van der Waals surface area contributed by atoms with Crippen molar-refractivity contribution in [1.82, 2.24) is 25.3 Å². The molecule has 1 unspecified atom stereocenters. The first kappa shape index (κ1) is 18.0. The van der Waals surface area contributed by atoms with Crippen LogP contribution in [0.2, 0.25) is 0 Å². The van der Waals surface area contributed by atoms with Gasteiger partial charge in [-0.05, 0) is 40.8 Å². The average Bonchev–Trinajstić information content (AvgIpc) is 3.27. The van der Waals surface area contributed by atoms with E-state index in [-0.39, 0.29) is 12.0 Å². The van der Waals surface area contributed by atoms with Gasteiger partial charge < -0.3 is 19.5 Å². The van der Waals surface area contributed by atoms with E-state index in [1.54, 1.807) is 5.38 Å². The highest BCUT2D eigenvalue weighted by Gasteiger charge is 2.30. The molecule has 0 aromatic carbocycles. The number of hydrogen-bond donors (Lipinski definition) is 1. The summed E-state index contributed by atoms with van der Waals surface area (Å²) in [7, 11) is 3.84. The van der Waals surface area contributed by atoms with Crippen molar-refractivity contribution in [2.75, 3.05) is 20.7 Å². The number of ether oxygens (including phenoxy) is 1. The number of thiazole rings is 1. The minimum absolute atomic E-state index is 0.0189. The van der Waals surface area contributed by atoms with E-state index in [4.69, 9.17) is 9.26 Å². The standard InChI is InChI=1S/C16H23N5O3S/c1-16(2,15-18-12(24-20-15)8-21(3)4)19-13(22)10-9-25-14(17-10)11-6-5-7-23-11/h9,11H,5-8H2,1-4H3,(H,19,22). The van der Waals surface area contributed by atoms with Crippen molar-refractivity contribution in [1.29, 1.82) is 0 Å². The molecule has 2 aromatic heterocycles. The number of carbonyl (C=O) groups excluding carboxylic acids is 1. The van der Waals surface area contributed by atoms with E-state index < -0.39 is 5.54 Å². The second-order valence-corrected chi connectivity index (χ2v) is 7.79. The van der Waals surface area contributed by atoms with Crippen LogP contribution in [0.4, 0.5) is 0 Å². The highest BCUT2D eigenvalue weighted by molar-refractivity contribution is 7.09. The lowest BCUT2D eigenvalue weighted by molar-refractivity contribution is 0.0900. The summed E-state index contributed by atoms with van der Waals surface area (Å²) >= 11 is 1.46. The summed E-state index contributed by atoms with van der Waals surface area (Å²) in [6.45, 7) is 4.98. The van der Waals surface area contributed by atoms with Crippen molar-refractivity contribution < 1.29 is 14.1 Å². The average molecular weight is 365 g/mol. The summed E-state index contributed by atoms with van der Waals surface area (Å²) in [6.07, 6.45) is 2.01. The van der Waals surface area contributed by atoms with Crippen LogP contribution in [0.15, 0.2) is 9.90 Å². The van der Waals surface area contributed by atoms with Crippen LogP contribution in [0.25, 0.3) is 0 Å². The summed E-state index contributed by atoms with van der Waals surface area (Å²) in [4.78, 5) is 23.3. The fourth-order valence-corrected chi connectivity index (χ4v) is 3.44. The Morgan fingerprint density at radius 2 is 2.24 bits per heavy atom.